The van der Waals surface area contributed by atoms with Gasteiger partial charge in [0.25, 0.3) is 5.91 Å². The smallest absolute Gasteiger partial charge is 0.266 e. The van der Waals surface area contributed by atoms with Crippen molar-refractivity contribution in [3.63, 3.8) is 0 Å². The Hall–Kier alpha value is -3.15. The van der Waals surface area contributed by atoms with Crippen molar-refractivity contribution in [1.29, 1.82) is 0 Å². The molecule has 1 aromatic carbocycles. The molecule has 0 radical (unpaired) electrons. The zero-order valence-electron chi connectivity index (χ0n) is 22.5. The van der Waals surface area contributed by atoms with Gasteiger partial charge in [0.1, 0.15) is 33.0 Å². The van der Waals surface area contributed by atoms with Crippen LogP contribution in [0.25, 0.3) is 17.4 Å². The largest absolute Gasteiger partial charge is 0.497 e. The molecule has 210 valence electrons. The van der Waals surface area contributed by atoms with E-state index in [9.17, 15) is 9.90 Å². The second-order valence-electron chi connectivity index (χ2n) is 10.6. The zero-order chi connectivity index (χ0) is 27.8. The molecule has 3 heterocycles. The van der Waals surface area contributed by atoms with Crippen molar-refractivity contribution in [3.05, 3.63) is 52.4 Å². The number of ether oxygens (including phenoxy) is 2. The number of hydrogen-bond donors (Lipinski definition) is 1. The van der Waals surface area contributed by atoms with E-state index in [4.69, 9.17) is 26.1 Å². The van der Waals surface area contributed by atoms with Gasteiger partial charge in [-0.25, -0.2) is 0 Å². The normalized spacial score (nSPS) is 23.1. The van der Waals surface area contributed by atoms with Crippen LogP contribution in [-0.2, 0) is 24.4 Å². The molecular formula is C29H32N4O5S2. The topological polar surface area (TPSA) is 103 Å². The Balaban J connectivity index is 1.29. The van der Waals surface area contributed by atoms with Gasteiger partial charge in [-0.3, -0.25) is 14.4 Å². The molecule has 3 fully saturated rings. The number of thioether (sulfide) groups is 1. The second-order valence-corrected chi connectivity index (χ2v) is 12.3. The Bertz CT molecular complexity index is 1440. The third-order valence-electron chi connectivity index (χ3n) is 8.18. The van der Waals surface area contributed by atoms with Gasteiger partial charge >= 0.3 is 0 Å². The lowest BCUT2D eigenvalue weighted by Gasteiger charge is -2.30. The lowest BCUT2D eigenvalue weighted by molar-refractivity contribution is -0.124. The van der Waals surface area contributed by atoms with Crippen molar-refractivity contribution in [3.8, 4) is 22.8 Å². The highest BCUT2D eigenvalue weighted by Crippen LogP contribution is 2.49. The van der Waals surface area contributed by atoms with Crippen LogP contribution in [0.1, 0.15) is 49.1 Å². The van der Waals surface area contributed by atoms with Gasteiger partial charge in [0.15, 0.2) is 0 Å². The molecule has 2 bridgehead atoms. The number of amides is 1. The Morgan fingerprint density at radius 3 is 2.62 bits per heavy atom. The third-order valence-corrected chi connectivity index (χ3v) is 9.51. The van der Waals surface area contributed by atoms with Crippen LogP contribution < -0.4 is 9.47 Å². The lowest BCUT2D eigenvalue weighted by Crippen LogP contribution is -2.41. The maximum Gasteiger partial charge on any atom is 0.266 e. The van der Waals surface area contributed by atoms with E-state index in [1.165, 1.54) is 31.0 Å². The molecule has 40 heavy (non-hydrogen) atoms. The number of aliphatic hydroxyl groups excluding tert-OH is 1. The number of aliphatic hydroxyl groups is 1. The van der Waals surface area contributed by atoms with E-state index in [-0.39, 0.29) is 18.6 Å². The summed E-state index contributed by atoms with van der Waals surface area (Å²) in [5.74, 6) is 3.88. The van der Waals surface area contributed by atoms with Gasteiger partial charge < -0.3 is 19.0 Å². The van der Waals surface area contributed by atoms with Crippen LogP contribution in [0.4, 0.5) is 0 Å². The summed E-state index contributed by atoms with van der Waals surface area (Å²) in [5.41, 5.74) is 2.33. The van der Waals surface area contributed by atoms with Gasteiger partial charge in [-0.2, -0.15) is 0 Å². The summed E-state index contributed by atoms with van der Waals surface area (Å²) in [6, 6.07) is 7.84. The molecule has 1 amide bonds. The van der Waals surface area contributed by atoms with Gasteiger partial charge in [-0.1, -0.05) is 35.6 Å². The van der Waals surface area contributed by atoms with Crippen molar-refractivity contribution < 1.29 is 23.8 Å². The molecule has 3 aromatic rings. The van der Waals surface area contributed by atoms with E-state index >= 15 is 0 Å². The number of carbonyl (C=O) groups excluding carboxylic acids is 1. The summed E-state index contributed by atoms with van der Waals surface area (Å²) in [6.07, 6.45) is 9.77. The monoisotopic (exact) mass is 580 g/mol. The zero-order valence-corrected chi connectivity index (χ0v) is 24.2. The quantitative estimate of drug-likeness (QED) is 0.260. The van der Waals surface area contributed by atoms with Crippen molar-refractivity contribution in [2.75, 3.05) is 14.2 Å². The van der Waals surface area contributed by atoms with E-state index in [0.717, 1.165) is 29.9 Å². The van der Waals surface area contributed by atoms with Crippen molar-refractivity contribution in [2.24, 2.45) is 11.8 Å². The summed E-state index contributed by atoms with van der Waals surface area (Å²) in [5, 5.41) is 17.3. The number of hydrogen-bond acceptors (Lipinski definition) is 9. The average Bonchev–Trinajstić information content (AvgIpc) is 3.80. The Morgan fingerprint density at radius 2 is 1.98 bits per heavy atom. The van der Waals surface area contributed by atoms with Crippen LogP contribution in [0.2, 0.25) is 0 Å². The lowest BCUT2D eigenvalue weighted by atomic mass is 9.94. The van der Waals surface area contributed by atoms with E-state index < -0.39 is 0 Å². The van der Waals surface area contributed by atoms with E-state index in [1.807, 2.05) is 35.2 Å². The number of nitrogens with zero attached hydrogens (tertiary/aromatic N) is 4. The van der Waals surface area contributed by atoms with Gasteiger partial charge in [-0.05, 0) is 67.7 Å². The van der Waals surface area contributed by atoms with E-state index in [0.29, 0.717) is 56.8 Å². The second kappa shape index (κ2) is 11.4. The third kappa shape index (κ3) is 5.29. The summed E-state index contributed by atoms with van der Waals surface area (Å²) >= 11 is 7.07. The van der Waals surface area contributed by atoms with E-state index in [2.05, 4.69) is 10.3 Å². The van der Waals surface area contributed by atoms with Crippen LogP contribution in [0.5, 0.6) is 11.5 Å². The van der Waals surface area contributed by atoms with Crippen molar-refractivity contribution in [1.82, 2.24) is 19.9 Å². The Kier molecular flexibility index (Phi) is 7.69. The van der Waals surface area contributed by atoms with Crippen LogP contribution in [0.3, 0.4) is 0 Å². The standard InChI is InChI=1S/C29H32N4O5S2/c1-36-22-10-20(11-23(13-22)37-2)25-12-19(4-3-7-32-15-21(16-34)30-31-32)26(38-25)14-27-28(35)33(29(39)40-27)24-9-17-5-6-18(24)8-17/h10-15,17-18,24,34H,3-9,16H2,1-2H3. The molecular weight excluding hydrogens is 548 g/mol. The van der Waals surface area contributed by atoms with Gasteiger partial charge in [0.05, 0.1) is 31.9 Å². The minimum atomic E-state index is -0.139. The van der Waals surface area contributed by atoms with Crippen molar-refractivity contribution in [2.45, 2.75) is 57.7 Å². The highest BCUT2D eigenvalue weighted by atomic mass is 32.2. The number of rotatable bonds is 10. The maximum atomic E-state index is 13.6. The van der Waals surface area contributed by atoms with Crippen LogP contribution in [-0.4, -0.2) is 55.5 Å². The molecule has 2 aliphatic carbocycles. The van der Waals surface area contributed by atoms with Crippen LogP contribution >= 0.6 is 24.0 Å². The maximum absolute atomic E-state index is 13.6. The van der Waals surface area contributed by atoms with E-state index in [1.54, 1.807) is 25.1 Å². The number of aromatic nitrogens is 3. The first-order valence-electron chi connectivity index (χ1n) is 13.6. The summed E-state index contributed by atoms with van der Waals surface area (Å²) in [7, 11) is 3.23. The first-order valence-corrected chi connectivity index (χ1v) is 14.8. The first kappa shape index (κ1) is 27.0. The van der Waals surface area contributed by atoms with Crippen LogP contribution in [0, 0.1) is 11.8 Å². The summed E-state index contributed by atoms with van der Waals surface area (Å²) in [6.45, 7) is 0.492. The first-order chi connectivity index (χ1) is 19.4. The Morgan fingerprint density at radius 1 is 1.18 bits per heavy atom. The Labute approximate surface area is 242 Å². The number of carbonyl (C=O) groups is 1. The highest BCUT2D eigenvalue weighted by molar-refractivity contribution is 8.26. The van der Waals surface area contributed by atoms with Crippen LogP contribution in [0.15, 0.2) is 39.8 Å². The molecule has 3 aliphatic rings. The average molecular weight is 581 g/mol. The minimum absolute atomic E-state index is 0.0151. The molecule has 11 heteroatoms. The molecule has 1 aliphatic heterocycles. The van der Waals surface area contributed by atoms with Gasteiger partial charge in [0.2, 0.25) is 0 Å². The predicted molar refractivity (Wildman–Crippen MR) is 156 cm³/mol. The van der Waals surface area contributed by atoms with Gasteiger partial charge in [0, 0.05) is 30.3 Å². The number of benzene rings is 1. The molecule has 3 atom stereocenters. The number of thiocarbonyl (C=S) groups is 1. The molecule has 1 saturated heterocycles. The molecule has 6 rings (SSSR count). The fourth-order valence-corrected chi connectivity index (χ4v) is 7.56. The number of furan rings is 1. The molecule has 2 aromatic heterocycles. The SMILES string of the molecule is COc1cc(OC)cc(-c2cc(CCCn3cc(CO)nn3)c(C=C3SC(=S)N(C4CC5CCC4C5)C3=O)o2)c1. The number of methoxy groups -OCH3 is 2. The molecule has 9 nitrogen and oxygen atoms in total. The number of fused-ring (bicyclic) bond motifs is 2. The molecule has 1 N–H and O–H groups in total. The fourth-order valence-electron chi connectivity index (χ4n) is 6.22. The molecule has 3 unspecified atom stereocenters. The predicted octanol–water partition coefficient (Wildman–Crippen LogP) is 5.07. The summed E-state index contributed by atoms with van der Waals surface area (Å²) in [4.78, 5) is 16.1. The highest BCUT2D eigenvalue weighted by Gasteiger charge is 2.48. The fraction of sp³-hybridized carbons (Fsp3) is 0.448. The minimum Gasteiger partial charge on any atom is -0.497 e. The molecule has 2 saturated carbocycles. The molecule has 0 spiro atoms. The van der Waals surface area contributed by atoms with Crippen molar-refractivity contribution >= 4 is 40.3 Å². The number of aryl methyl sites for hydroxylation is 2. The van der Waals surface area contributed by atoms with Gasteiger partial charge in [-0.15, -0.1) is 5.10 Å². The summed E-state index contributed by atoms with van der Waals surface area (Å²) < 4.78 is 19.7.